The molecule has 0 bridgehead atoms. The molecule has 3 nitrogen and oxygen atoms in total. The lowest BCUT2D eigenvalue weighted by atomic mass is 10.3. The van der Waals surface area contributed by atoms with Gasteiger partial charge in [0, 0.05) is 17.3 Å². The van der Waals surface area contributed by atoms with Crippen molar-refractivity contribution in [3.8, 4) is 0 Å². The molecule has 0 aromatic heterocycles. The van der Waals surface area contributed by atoms with Crippen LogP contribution in [0.1, 0.15) is 12.8 Å². The van der Waals surface area contributed by atoms with Crippen LogP contribution >= 0.6 is 10.7 Å². The fourth-order valence-electron chi connectivity index (χ4n) is 0.998. The molecule has 0 saturated carbocycles. The normalized spacial score (nSPS) is 27.1. The standard InChI is InChI=1S/C5H9ClO3S/c6-10(7,8)4-5-2-1-3-9-5/h5H,1-4H2/t5-/m1/s1. The van der Waals surface area contributed by atoms with Crippen molar-refractivity contribution in [3.63, 3.8) is 0 Å². The fourth-order valence-corrected chi connectivity index (χ4v) is 2.13. The molecule has 10 heavy (non-hydrogen) atoms. The van der Waals surface area contributed by atoms with Crippen molar-refractivity contribution in [1.82, 2.24) is 0 Å². The van der Waals surface area contributed by atoms with Crippen molar-refractivity contribution < 1.29 is 13.2 Å². The molecular weight excluding hydrogens is 176 g/mol. The molecule has 0 spiro atoms. The van der Waals surface area contributed by atoms with Crippen LogP contribution in [0.4, 0.5) is 0 Å². The van der Waals surface area contributed by atoms with Crippen LogP contribution in [0.2, 0.25) is 0 Å². The average molecular weight is 185 g/mol. The Labute approximate surface area is 64.7 Å². The molecule has 1 rings (SSSR count). The molecule has 0 aliphatic carbocycles. The zero-order valence-electron chi connectivity index (χ0n) is 5.42. The van der Waals surface area contributed by atoms with Gasteiger partial charge in [-0.15, -0.1) is 0 Å². The van der Waals surface area contributed by atoms with Crippen molar-refractivity contribution >= 4 is 19.7 Å². The van der Waals surface area contributed by atoms with Crippen LogP contribution in [-0.2, 0) is 13.8 Å². The lowest BCUT2D eigenvalue weighted by molar-refractivity contribution is 0.127. The maximum absolute atomic E-state index is 10.5. The van der Waals surface area contributed by atoms with Crippen LogP contribution in [0, 0.1) is 0 Å². The van der Waals surface area contributed by atoms with Gasteiger partial charge in [0.2, 0.25) is 9.05 Å². The van der Waals surface area contributed by atoms with Gasteiger partial charge in [-0.1, -0.05) is 0 Å². The number of ether oxygens (including phenoxy) is 1. The van der Waals surface area contributed by atoms with Crippen LogP contribution in [0.5, 0.6) is 0 Å². The molecule has 1 heterocycles. The summed E-state index contributed by atoms with van der Waals surface area (Å²) in [5, 5.41) is 0. The summed E-state index contributed by atoms with van der Waals surface area (Å²) in [7, 11) is 1.65. The van der Waals surface area contributed by atoms with Gasteiger partial charge in [0.15, 0.2) is 0 Å². The maximum atomic E-state index is 10.5. The van der Waals surface area contributed by atoms with E-state index < -0.39 is 9.05 Å². The summed E-state index contributed by atoms with van der Waals surface area (Å²) in [4.78, 5) is 0. The molecule has 0 unspecified atom stereocenters. The van der Waals surface area contributed by atoms with Gasteiger partial charge in [0.25, 0.3) is 0 Å². The second-order valence-electron chi connectivity index (χ2n) is 2.34. The third kappa shape index (κ3) is 2.86. The Balaban J connectivity index is 2.38. The van der Waals surface area contributed by atoms with Gasteiger partial charge in [0.05, 0.1) is 11.9 Å². The van der Waals surface area contributed by atoms with E-state index in [2.05, 4.69) is 0 Å². The van der Waals surface area contributed by atoms with E-state index in [1.165, 1.54) is 0 Å². The molecule has 1 saturated heterocycles. The third-order valence-electron chi connectivity index (χ3n) is 1.41. The highest BCUT2D eigenvalue weighted by molar-refractivity contribution is 8.13. The quantitative estimate of drug-likeness (QED) is 0.595. The van der Waals surface area contributed by atoms with Gasteiger partial charge in [0.1, 0.15) is 0 Å². The monoisotopic (exact) mass is 184 g/mol. The zero-order chi connectivity index (χ0) is 7.61. The minimum absolute atomic E-state index is 0.0471. The van der Waals surface area contributed by atoms with Crippen molar-refractivity contribution in [2.24, 2.45) is 0 Å². The lowest BCUT2D eigenvalue weighted by Gasteiger charge is -2.04. The highest BCUT2D eigenvalue weighted by Gasteiger charge is 2.21. The first-order valence-corrected chi connectivity index (χ1v) is 5.60. The first-order chi connectivity index (χ1) is 4.58. The van der Waals surface area contributed by atoms with Gasteiger partial charge in [-0.2, -0.15) is 0 Å². The summed E-state index contributed by atoms with van der Waals surface area (Å²) >= 11 is 0. The summed E-state index contributed by atoms with van der Waals surface area (Å²) in [6.07, 6.45) is 1.59. The Hall–Kier alpha value is 0.200. The largest absolute Gasteiger partial charge is 0.377 e. The van der Waals surface area contributed by atoms with E-state index in [4.69, 9.17) is 15.4 Å². The van der Waals surface area contributed by atoms with Crippen LogP contribution in [0.3, 0.4) is 0 Å². The van der Waals surface area contributed by atoms with E-state index in [9.17, 15) is 8.42 Å². The molecule has 0 amide bonds. The van der Waals surface area contributed by atoms with Crippen LogP contribution in [0.15, 0.2) is 0 Å². The summed E-state index contributed by atoms with van der Waals surface area (Å²) < 4.78 is 26.0. The second kappa shape index (κ2) is 3.07. The number of hydrogen-bond acceptors (Lipinski definition) is 3. The van der Waals surface area contributed by atoms with Crippen LogP contribution < -0.4 is 0 Å². The average Bonchev–Trinajstić information content (AvgIpc) is 2.12. The Morgan fingerprint density at radius 3 is 2.70 bits per heavy atom. The predicted molar refractivity (Wildman–Crippen MR) is 38.6 cm³/mol. The van der Waals surface area contributed by atoms with Crippen molar-refractivity contribution in [2.45, 2.75) is 18.9 Å². The van der Waals surface area contributed by atoms with Crippen LogP contribution in [0.25, 0.3) is 0 Å². The minimum atomic E-state index is -3.36. The lowest BCUT2D eigenvalue weighted by Crippen LogP contribution is -2.15. The van der Waals surface area contributed by atoms with Gasteiger partial charge in [-0.3, -0.25) is 0 Å². The molecule has 60 valence electrons. The Kier molecular flexibility index (Phi) is 2.55. The molecule has 5 heteroatoms. The molecular formula is C5H9ClO3S. The number of halogens is 1. The molecule has 0 aromatic rings. The summed E-state index contributed by atoms with van der Waals surface area (Å²) in [5.41, 5.74) is 0. The SMILES string of the molecule is O=S(=O)(Cl)C[C@H]1CCCO1. The van der Waals surface area contributed by atoms with E-state index in [1.54, 1.807) is 0 Å². The molecule has 0 aromatic carbocycles. The van der Waals surface area contributed by atoms with E-state index in [0.717, 1.165) is 12.8 Å². The smallest absolute Gasteiger partial charge is 0.235 e. The van der Waals surface area contributed by atoms with Gasteiger partial charge < -0.3 is 4.74 Å². The summed E-state index contributed by atoms with van der Waals surface area (Å²) in [6.45, 7) is 0.664. The third-order valence-corrected chi connectivity index (χ3v) is 2.56. The maximum Gasteiger partial charge on any atom is 0.235 e. The Morgan fingerprint density at radius 1 is 1.60 bits per heavy atom. The Bertz CT molecular complexity index is 193. The van der Waals surface area contributed by atoms with E-state index in [1.807, 2.05) is 0 Å². The Morgan fingerprint density at radius 2 is 2.30 bits per heavy atom. The molecule has 1 aliphatic heterocycles. The van der Waals surface area contributed by atoms with E-state index >= 15 is 0 Å². The van der Waals surface area contributed by atoms with Gasteiger partial charge in [-0.25, -0.2) is 8.42 Å². The van der Waals surface area contributed by atoms with Gasteiger partial charge in [-0.05, 0) is 12.8 Å². The van der Waals surface area contributed by atoms with Crippen molar-refractivity contribution in [3.05, 3.63) is 0 Å². The van der Waals surface area contributed by atoms with E-state index in [0.29, 0.717) is 6.61 Å². The fraction of sp³-hybridized carbons (Fsp3) is 1.00. The molecule has 0 N–H and O–H groups in total. The second-order valence-corrected chi connectivity index (χ2v) is 5.16. The van der Waals surface area contributed by atoms with E-state index in [-0.39, 0.29) is 11.9 Å². The van der Waals surface area contributed by atoms with Gasteiger partial charge >= 0.3 is 0 Å². The first kappa shape index (κ1) is 8.30. The van der Waals surface area contributed by atoms with Crippen molar-refractivity contribution in [1.29, 1.82) is 0 Å². The first-order valence-electron chi connectivity index (χ1n) is 3.12. The molecule has 1 atom stereocenters. The summed E-state index contributed by atoms with van der Waals surface area (Å²) in [5.74, 6) is -0.0471. The van der Waals surface area contributed by atoms with Crippen molar-refractivity contribution in [2.75, 3.05) is 12.4 Å². The predicted octanol–water partition coefficient (Wildman–Crippen LogP) is 0.734. The molecule has 1 aliphatic rings. The molecule has 0 radical (unpaired) electrons. The highest BCUT2D eigenvalue weighted by Crippen LogP contribution is 2.15. The summed E-state index contributed by atoms with van der Waals surface area (Å²) in [6, 6.07) is 0. The number of hydrogen-bond donors (Lipinski definition) is 0. The molecule has 1 fully saturated rings. The topological polar surface area (TPSA) is 43.4 Å². The van der Waals surface area contributed by atoms with Crippen LogP contribution in [-0.4, -0.2) is 26.9 Å². The number of rotatable bonds is 2. The zero-order valence-corrected chi connectivity index (χ0v) is 6.99. The minimum Gasteiger partial charge on any atom is -0.377 e. The highest BCUT2D eigenvalue weighted by atomic mass is 35.7.